The standard InChI is InChI=1S/C17H20N2O4/c20-19(21)15-6-3-4-13-12-14-5-1-2-7-17(14,23-16(13)15)18-8-10-22-11-9-18/h3-4,6,12H,1-2,5,7-11H2/t17-/m1/s1. The third-order valence-corrected chi connectivity index (χ3v) is 5.06. The lowest BCUT2D eigenvalue weighted by Crippen LogP contribution is -2.59. The largest absolute Gasteiger partial charge is 0.461 e. The first-order chi connectivity index (χ1) is 11.2. The highest BCUT2D eigenvalue weighted by atomic mass is 16.6. The molecule has 1 saturated heterocycles. The number of hydrogen-bond donors (Lipinski definition) is 0. The zero-order valence-electron chi connectivity index (χ0n) is 13.0. The molecule has 0 N–H and O–H groups in total. The molecule has 6 heteroatoms. The number of nitro benzene ring substituents is 1. The summed E-state index contributed by atoms with van der Waals surface area (Å²) in [4.78, 5) is 13.3. The molecule has 122 valence electrons. The minimum Gasteiger partial charge on any atom is -0.461 e. The predicted octanol–water partition coefficient (Wildman–Crippen LogP) is 2.97. The summed E-state index contributed by atoms with van der Waals surface area (Å²) in [5, 5.41) is 11.4. The van der Waals surface area contributed by atoms with E-state index < -0.39 is 5.72 Å². The van der Waals surface area contributed by atoms with Crippen molar-refractivity contribution >= 4 is 11.8 Å². The highest BCUT2D eigenvalue weighted by Crippen LogP contribution is 2.48. The third-order valence-electron chi connectivity index (χ3n) is 5.06. The first kappa shape index (κ1) is 14.7. The van der Waals surface area contributed by atoms with Crippen LogP contribution >= 0.6 is 0 Å². The van der Waals surface area contributed by atoms with Crippen molar-refractivity contribution in [2.75, 3.05) is 26.3 Å². The zero-order valence-corrected chi connectivity index (χ0v) is 13.0. The van der Waals surface area contributed by atoms with Gasteiger partial charge in [0.1, 0.15) is 0 Å². The number of hydrogen-bond acceptors (Lipinski definition) is 5. The van der Waals surface area contributed by atoms with Gasteiger partial charge in [-0.05, 0) is 30.9 Å². The second-order valence-electron chi connectivity index (χ2n) is 6.32. The first-order valence-corrected chi connectivity index (χ1v) is 8.21. The summed E-state index contributed by atoms with van der Waals surface area (Å²) in [6, 6.07) is 5.14. The van der Waals surface area contributed by atoms with Crippen LogP contribution in [-0.4, -0.2) is 41.9 Å². The monoisotopic (exact) mass is 316 g/mol. The van der Waals surface area contributed by atoms with Crippen molar-refractivity contribution in [2.24, 2.45) is 0 Å². The van der Waals surface area contributed by atoms with E-state index in [9.17, 15) is 10.1 Å². The maximum atomic E-state index is 11.4. The van der Waals surface area contributed by atoms with Gasteiger partial charge in [0.25, 0.3) is 0 Å². The van der Waals surface area contributed by atoms with Crippen LogP contribution in [0, 0.1) is 10.1 Å². The van der Waals surface area contributed by atoms with Gasteiger partial charge in [-0.1, -0.05) is 12.1 Å². The molecule has 0 radical (unpaired) electrons. The molecule has 0 amide bonds. The molecule has 4 rings (SSSR count). The number of ether oxygens (including phenoxy) is 2. The Morgan fingerprint density at radius 3 is 2.83 bits per heavy atom. The molecule has 0 aromatic heterocycles. The lowest BCUT2D eigenvalue weighted by Gasteiger charge is -2.50. The Hall–Kier alpha value is -1.92. The zero-order chi connectivity index (χ0) is 15.9. The molecule has 3 aliphatic rings. The van der Waals surface area contributed by atoms with Crippen LogP contribution in [0.3, 0.4) is 0 Å². The van der Waals surface area contributed by atoms with Gasteiger partial charge in [-0.3, -0.25) is 15.0 Å². The summed E-state index contributed by atoms with van der Waals surface area (Å²) in [5.41, 5.74) is 1.59. The molecule has 1 saturated carbocycles. The fourth-order valence-electron chi connectivity index (χ4n) is 3.96. The SMILES string of the molecule is O=[N+]([O-])c1cccc2c1O[C@]1(N3CCOCC3)CCCCC1=C2. The van der Waals surface area contributed by atoms with Crippen molar-refractivity contribution < 1.29 is 14.4 Å². The van der Waals surface area contributed by atoms with Crippen molar-refractivity contribution in [1.29, 1.82) is 0 Å². The van der Waals surface area contributed by atoms with E-state index in [1.807, 2.05) is 6.07 Å². The fourth-order valence-corrected chi connectivity index (χ4v) is 3.96. The number of fused-ring (bicyclic) bond motifs is 2. The van der Waals surface area contributed by atoms with Gasteiger partial charge in [-0.15, -0.1) is 0 Å². The summed E-state index contributed by atoms with van der Waals surface area (Å²) in [6.07, 6.45) is 6.19. The molecule has 6 nitrogen and oxygen atoms in total. The Bertz CT molecular complexity index is 667. The van der Waals surface area contributed by atoms with E-state index in [2.05, 4.69) is 11.0 Å². The Kier molecular flexibility index (Phi) is 3.58. The van der Waals surface area contributed by atoms with Gasteiger partial charge in [-0.25, -0.2) is 0 Å². The average Bonchev–Trinajstić information content (AvgIpc) is 2.60. The Balaban J connectivity index is 1.82. The Morgan fingerprint density at radius 1 is 1.22 bits per heavy atom. The molecule has 2 heterocycles. The van der Waals surface area contributed by atoms with E-state index >= 15 is 0 Å². The number of rotatable bonds is 2. The van der Waals surface area contributed by atoms with E-state index in [-0.39, 0.29) is 10.6 Å². The van der Waals surface area contributed by atoms with Crippen LogP contribution in [0.1, 0.15) is 31.2 Å². The molecule has 0 bridgehead atoms. The Labute approximate surface area is 134 Å². The smallest absolute Gasteiger partial charge is 0.311 e. The van der Waals surface area contributed by atoms with Crippen molar-refractivity contribution in [3.05, 3.63) is 39.4 Å². The lowest BCUT2D eigenvalue weighted by molar-refractivity contribution is -0.386. The van der Waals surface area contributed by atoms with Crippen molar-refractivity contribution in [3.8, 4) is 5.75 Å². The Morgan fingerprint density at radius 2 is 2.04 bits per heavy atom. The van der Waals surface area contributed by atoms with E-state index in [0.717, 1.165) is 44.3 Å². The molecule has 2 aliphatic heterocycles. The third kappa shape index (κ3) is 2.33. The molecule has 1 aromatic carbocycles. The minimum atomic E-state index is -0.527. The van der Waals surface area contributed by atoms with Crippen LogP contribution < -0.4 is 4.74 Å². The molecule has 1 aromatic rings. The highest BCUT2D eigenvalue weighted by Gasteiger charge is 2.48. The molecule has 2 fully saturated rings. The number of nitro groups is 1. The highest BCUT2D eigenvalue weighted by molar-refractivity contribution is 5.70. The van der Waals surface area contributed by atoms with Crippen molar-refractivity contribution in [2.45, 2.75) is 31.4 Å². The number of para-hydroxylation sites is 1. The van der Waals surface area contributed by atoms with Crippen LogP contribution in [0.4, 0.5) is 5.69 Å². The maximum Gasteiger partial charge on any atom is 0.311 e. The molecule has 0 unspecified atom stereocenters. The number of benzene rings is 1. The first-order valence-electron chi connectivity index (χ1n) is 8.21. The van der Waals surface area contributed by atoms with Crippen molar-refractivity contribution in [3.63, 3.8) is 0 Å². The quantitative estimate of drug-likeness (QED) is 0.620. The van der Waals surface area contributed by atoms with Crippen LogP contribution in [0.2, 0.25) is 0 Å². The van der Waals surface area contributed by atoms with Gasteiger partial charge in [0.05, 0.1) is 18.1 Å². The van der Waals surface area contributed by atoms with E-state index in [1.54, 1.807) is 6.07 Å². The van der Waals surface area contributed by atoms with Gasteiger partial charge in [0.15, 0.2) is 5.72 Å². The maximum absolute atomic E-state index is 11.4. The topological polar surface area (TPSA) is 64.8 Å². The normalized spacial score (nSPS) is 27.4. The molecular weight excluding hydrogens is 296 g/mol. The van der Waals surface area contributed by atoms with Gasteiger partial charge < -0.3 is 9.47 Å². The van der Waals surface area contributed by atoms with E-state index in [1.165, 1.54) is 11.6 Å². The second-order valence-corrected chi connectivity index (χ2v) is 6.32. The molecular formula is C17H20N2O4. The van der Waals surface area contributed by atoms with Crippen LogP contribution in [0.5, 0.6) is 5.75 Å². The van der Waals surface area contributed by atoms with Gasteiger partial charge >= 0.3 is 5.69 Å². The van der Waals surface area contributed by atoms with E-state index in [4.69, 9.17) is 9.47 Å². The van der Waals surface area contributed by atoms with Crippen LogP contribution in [0.15, 0.2) is 23.8 Å². The second kappa shape index (κ2) is 5.62. The molecule has 1 aliphatic carbocycles. The van der Waals surface area contributed by atoms with E-state index in [0.29, 0.717) is 19.0 Å². The van der Waals surface area contributed by atoms with Crippen LogP contribution in [0.25, 0.3) is 6.08 Å². The minimum absolute atomic E-state index is 0.0519. The summed E-state index contributed by atoms with van der Waals surface area (Å²) < 4.78 is 11.9. The summed E-state index contributed by atoms with van der Waals surface area (Å²) in [7, 11) is 0. The molecule has 0 spiro atoms. The predicted molar refractivity (Wildman–Crippen MR) is 85.3 cm³/mol. The number of nitrogens with zero attached hydrogens (tertiary/aromatic N) is 2. The molecule has 1 atom stereocenters. The summed E-state index contributed by atoms with van der Waals surface area (Å²) in [6.45, 7) is 2.96. The summed E-state index contributed by atoms with van der Waals surface area (Å²) >= 11 is 0. The van der Waals surface area contributed by atoms with Gasteiger partial charge in [0, 0.05) is 31.1 Å². The fraction of sp³-hybridized carbons (Fsp3) is 0.529. The number of morpholine rings is 1. The van der Waals surface area contributed by atoms with Gasteiger partial charge in [0.2, 0.25) is 5.75 Å². The lowest BCUT2D eigenvalue weighted by atomic mass is 9.82. The summed E-state index contributed by atoms with van der Waals surface area (Å²) in [5.74, 6) is 0.412. The van der Waals surface area contributed by atoms with Crippen molar-refractivity contribution in [1.82, 2.24) is 4.90 Å². The van der Waals surface area contributed by atoms with Crippen LogP contribution in [-0.2, 0) is 4.74 Å². The molecule has 23 heavy (non-hydrogen) atoms. The average molecular weight is 316 g/mol. The van der Waals surface area contributed by atoms with Gasteiger partial charge in [-0.2, -0.15) is 0 Å².